The Morgan fingerprint density at radius 1 is 1.70 bits per heavy atom. The molecule has 0 atom stereocenters. The predicted octanol–water partition coefficient (Wildman–Crippen LogP) is 1.82. The van der Waals surface area contributed by atoms with E-state index in [4.69, 9.17) is 0 Å². The van der Waals surface area contributed by atoms with Crippen molar-refractivity contribution < 1.29 is 9.63 Å². The van der Waals surface area contributed by atoms with E-state index in [0.29, 0.717) is 0 Å². The Balaban J connectivity index is 3.91. The summed E-state index contributed by atoms with van der Waals surface area (Å²) in [6.45, 7) is 5.65. The minimum Gasteiger partial charge on any atom is -0.360 e. The highest BCUT2D eigenvalue weighted by atomic mass is 127. The molecule has 0 radical (unpaired) electrons. The fraction of sp³-hybridized carbons (Fsp3) is 0.833. The van der Waals surface area contributed by atoms with Crippen molar-refractivity contribution >= 4 is 28.8 Å². The van der Waals surface area contributed by atoms with Crippen LogP contribution in [0.15, 0.2) is 0 Å². The molecule has 0 aliphatic carbocycles. The van der Waals surface area contributed by atoms with E-state index in [-0.39, 0.29) is 11.4 Å². The molecule has 0 aromatic rings. The molecule has 0 bridgehead atoms. The fourth-order valence-electron chi connectivity index (χ4n) is 0.318. The Kier molecular flexibility index (Phi) is 4.19. The van der Waals surface area contributed by atoms with Crippen LogP contribution in [0, 0.1) is 5.41 Å². The SMILES string of the molecule is CCC(C)(C)C(=O)ONI. The van der Waals surface area contributed by atoms with Crippen molar-refractivity contribution in [3.8, 4) is 0 Å². The van der Waals surface area contributed by atoms with Crippen molar-refractivity contribution in [1.82, 2.24) is 3.69 Å². The van der Waals surface area contributed by atoms with E-state index in [0.717, 1.165) is 6.42 Å². The standard InChI is InChI=1S/C6H12INO2/c1-4-6(2,3)5(9)10-8-7/h8H,4H2,1-3H3. The summed E-state index contributed by atoms with van der Waals surface area (Å²) >= 11 is 1.77. The molecule has 10 heavy (non-hydrogen) atoms. The van der Waals surface area contributed by atoms with Crippen LogP contribution in [-0.4, -0.2) is 5.97 Å². The lowest BCUT2D eigenvalue weighted by atomic mass is 9.91. The summed E-state index contributed by atoms with van der Waals surface area (Å²) in [6.07, 6.45) is 0.782. The van der Waals surface area contributed by atoms with Gasteiger partial charge in [-0.05, 0) is 20.3 Å². The molecule has 0 spiro atoms. The summed E-state index contributed by atoms with van der Waals surface area (Å²) in [7, 11) is 0. The van der Waals surface area contributed by atoms with E-state index < -0.39 is 0 Å². The molecule has 0 fully saturated rings. The van der Waals surface area contributed by atoms with E-state index in [1.165, 1.54) is 0 Å². The van der Waals surface area contributed by atoms with E-state index >= 15 is 0 Å². The molecule has 0 aliphatic heterocycles. The maximum Gasteiger partial charge on any atom is 0.331 e. The normalized spacial score (nSPS) is 11.2. The number of hydrogen-bond donors (Lipinski definition) is 1. The Morgan fingerprint density at radius 2 is 2.20 bits per heavy atom. The summed E-state index contributed by atoms with van der Waals surface area (Å²) in [5, 5.41) is 0. The lowest BCUT2D eigenvalue weighted by Crippen LogP contribution is -2.27. The maximum absolute atomic E-state index is 11.0. The van der Waals surface area contributed by atoms with Crippen molar-refractivity contribution in [1.29, 1.82) is 0 Å². The van der Waals surface area contributed by atoms with Gasteiger partial charge in [-0.25, -0.2) is 4.79 Å². The van der Waals surface area contributed by atoms with Gasteiger partial charge in [0.05, 0.1) is 28.3 Å². The van der Waals surface area contributed by atoms with Crippen LogP contribution in [-0.2, 0) is 9.63 Å². The molecule has 4 heteroatoms. The first-order chi connectivity index (χ1) is 4.54. The topological polar surface area (TPSA) is 38.3 Å². The summed E-state index contributed by atoms with van der Waals surface area (Å²) < 4.78 is 2.33. The van der Waals surface area contributed by atoms with Crippen LogP contribution in [0.2, 0.25) is 0 Å². The lowest BCUT2D eigenvalue weighted by molar-refractivity contribution is -0.156. The summed E-state index contributed by atoms with van der Waals surface area (Å²) in [5.41, 5.74) is -0.377. The van der Waals surface area contributed by atoms with Crippen LogP contribution in [0.3, 0.4) is 0 Å². The van der Waals surface area contributed by atoms with E-state index in [1.54, 1.807) is 22.9 Å². The van der Waals surface area contributed by atoms with Gasteiger partial charge < -0.3 is 4.84 Å². The largest absolute Gasteiger partial charge is 0.360 e. The van der Waals surface area contributed by atoms with Crippen LogP contribution in [0.1, 0.15) is 27.2 Å². The van der Waals surface area contributed by atoms with Gasteiger partial charge in [-0.15, -0.1) is 0 Å². The highest BCUT2D eigenvalue weighted by Crippen LogP contribution is 2.20. The zero-order valence-corrected chi connectivity index (χ0v) is 8.56. The quantitative estimate of drug-likeness (QED) is 0.476. The molecular formula is C6H12INO2. The van der Waals surface area contributed by atoms with Gasteiger partial charge in [0, 0.05) is 0 Å². The van der Waals surface area contributed by atoms with E-state index in [2.05, 4.69) is 8.53 Å². The molecule has 0 amide bonds. The number of carbonyl (C=O) groups excluding carboxylic acids is 1. The van der Waals surface area contributed by atoms with Crippen molar-refractivity contribution in [3.05, 3.63) is 0 Å². The first-order valence-corrected chi connectivity index (χ1v) is 4.19. The lowest BCUT2D eigenvalue weighted by Gasteiger charge is -2.18. The van der Waals surface area contributed by atoms with E-state index in [1.807, 2.05) is 20.8 Å². The van der Waals surface area contributed by atoms with Crippen molar-refractivity contribution in [2.75, 3.05) is 0 Å². The van der Waals surface area contributed by atoms with Crippen molar-refractivity contribution in [3.63, 3.8) is 0 Å². The Hall–Kier alpha value is 0.160. The monoisotopic (exact) mass is 257 g/mol. The van der Waals surface area contributed by atoms with Crippen molar-refractivity contribution in [2.45, 2.75) is 27.2 Å². The number of rotatable bonds is 3. The maximum atomic E-state index is 11.0. The van der Waals surface area contributed by atoms with Crippen molar-refractivity contribution in [2.24, 2.45) is 5.41 Å². The molecule has 1 N–H and O–H groups in total. The van der Waals surface area contributed by atoms with Crippen LogP contribution < -0.4 is 3.69 Å². The average molecular weight is 257 g/mol. The second kappa shape index (κ2) is 4.12. The number of carbonyl (C=O) groups is 1. The van der Waals surface area contributed by atoms with Gasteiger partial charge >= 0.3 is 5.97 Å². The third kappa shape index (κ3) is 2.83. The summed E-state index contributed by atoms with van der Waals surface area (Å²) in [4.78, 5) is 15.6. The zero-order chi connectivity index (χ0) is 8.20. The zero-order valence-electron chi connectivity index (χ0n) is 6.40. The number of nitrogens with one attached hydrogen (secondary N) is 1. The second-order valence-electron chi connectivity index (χ2n) is 2.70. The third-order valence-corrected chi connectivity index (χ3v) is 1.79. The molecular weight excluding hydrogens is 245 g/mol. The third-order valence-electron chi connectivity index (χ3n) is 1.57. The molecule has 0 saturated heterocycles. The Labute approximate surface area is 75.0 Å². The van der Waals surface area contributed by atoms with Crippen LogP contribution >= 0.6 is 22.9 Å². The number of hydrogen-bond acceptors (Lipinski definition) is 3. The molecule has 0 rings (SSSR count). The molecule has 0 saturated carbocycles. The molecule has 0 aromatic heterocycles. The molecule has 0 heterocycles. The Bertz CT molecular complexity index is 125. The molecule has 0 aromatic carbocycles. The molecule has 0 unspecified atom stereocenters. The fourth-order valence-corrected chi connectivity index (χ4v) is 0.518. The average Bonchev–Trinajstić information content (AvgIpc) is 1.89. The molecule has 3 nitrogen and oxygen atoms in total. The van der Waals surface area contributed by atoms with Gasteiger partial charge in [-0.2, -0.15) is 0 Å². The first kappa shape index (κ1) is 10.2. The van der Waals surface area contributed by atoms with Gasteiger partial charge in [0.25, 0.3) is 0 Å². The van der Waals surface area contributed by atoms with Gasteiger partial charge in [0.15, 0.2) is 0 Å². The second-order valence-corrected chi connectivity index (χ2v) is 3.14. The smallest absolute Gasteiger partial charge is 0.331 e. The Morgan fingerprint density at radius 3 is 2.50 bits per heavy atom. The molecule has 60 valence electrons. The van der Waals surface area contributed by atoms with Crippen LogP contribution in [0.4, 0.5) is 0 Å². The van der Waals surface area contributed by atoms with E-state index in [9.17, 15) is 4.79 Å². The van der Waals surface area contributed by atoms with Gasteiger partial charge in [0.1, 0.15) is 0 Å². The summed E-state index contributed by atoms with van der Waals surface area (Å²) in [5.74, 6) is -0.218. The first-order valence-electron chi connectivity index (χ1n) is 3.11. The highest BCUT2D eigenvalue weighted by Gasteiger charge is 2.27. The van der Waals surface area contributed by atoms with Crippen LogP contribution in [0.25, 0.3) is 0 Å². The number of halogens is 1. The van der Waals surface area contributed by atoms with Gasteiger partial charge in [-0.3, -0.25) is 0 Å². The van der Waals surface area contributed by atoms with Crippen LogP contribution in [0.5, 0.6) is 0 Å². The highest BCUT2D eigenvalue weighted by molar-refractivity contribution is 14.1. The summed E-state index contributed by atoms with van der Waals surface area (Å²) in [6, 6.07) is 0. The molecule has 0 aliphatic rings. The van der Waals surface area contributed by atoms with Gasteiger partial charge in [-0.1, -0.05) is 10.6 Å². The minimum absolute atomic E-state index is 0.218. The van der Waals surface area contributed by atoms with Gasteiger partial charge in [0.2, 0.25) is 0 Å². The predicted molar refractivity (Wildman–Crippen MR) is 47.3 cm³/mol. The minimum atomic E-state index is -0.377.